The van der Waals surface area contributed by atoms with Gasteiger partial charge in [-0.15, -0.1) is 0 Å². The standard InChI is InChI=1S/C9H13N3O/c1-6-2-5-8(12-11-6)10-9(13)7-3-4-7/h2,5,7,11-12H,3-4H2,1H3,(H,10,13). The summed E-state index contributed by atoms with van der Waals surface area (Å²) in [5, 5.41) is 2.81. The van der Waals surface area contributed by atoms with E-state index in [9.17, 15) is 4.79 Å². The van der Waals surface area contributed by atoms with E-state index in [0.717, 1.165) is 24.4 Å². The topological polar surface area (TPSA) is 53.2 Å². The van der Waals surface area contributed by atoms with Gasteiger partial charge in [0.1, 0.15) is 5.82 Å². The first-order valence-electron chi connectivity index (χ1n) is 4.47. The Balaban J connectivity index is 1.90. The molecule has 2 rings (SSSR count). The van der Waals surface area contributed by atoms with Gasteiger partial charge in [-0.05, 0) is 31.9 Å². The summed E-state index contributed by atoms with van der Waals surface area (Å²) >= 11 is 0. The third kappa shape index (κ3) is 2.02. The van der Waals surface area contributed by atoms with Crippen LogP contribution in [0.3, 0.4) is 0 Å². The Morgan fingerprint density at radius 2 is 2.23 bits per heavy atom. The number of nitrogens with one attached hydrogen (secondary N) is 3. The van der Waals surface area contributed by atoms with Gasteiger partial charge < -0.3 is 10.7 Å². The van der Waals surface area contributed by atoms with E-state index in [1.807, 2.05) is 19.1 Å². The molecule has 13 heavy (non-hydrogen) atoms. The molecule has 4 heteroatoms. The Morgan fingerprint density at radius 3 is 2.77 bits per heavy atom. The van der Waals surface area contributed by atoms with E-state index in [2.05, 4.69) is 16.2 Å². The summed E-state index contributed by atoms with van der Waals surface area (Å²) in [4.78, 5) is 11.3. The molecule has 1 saturated carbocycles. The van der Waals surface area contributed by atoms with Crippen LogP contribution in [-0.4, -0.2) is 5.91 Å². The minimum atomic E-state index is 0.119. The van der Waals surface area contributed by atoms with Crippen molar-refractivity contribution >= 4 is 5.91 Å². The second-order valence-corrected chi connectivity index (χ2v) is 3.44. The van der Waals surface area contributed by atoms with Gasteiger partial charge in [0, 0.05) is 11.6 Å². The monoisotopic (exact) mass is 179 g/mol. The van der Waals surface area contributed by atoms with Crippen molar-refractivity contribution in [3.8, 4) is 0 Å². The summed E-state index contributed by atoms with van der Waals surface area (Å²) in [5.41, 5.74) is 6.85. The van der Waals surface area contributed by atoms with E-state index in [0.29, 0.717) is 0 Å². The van der Waals surface area contributed by atoms with Gasteiger partial charge >= 0.3 is 0 Å². The molecule has 3 N–H and O–H groups in total. The molecule has 0 spiro atoms. The molecule has 0 atom stereocenters. The first-order valence-corrected chi connectivity index (χ1v) is 4.47. The maximum Gasteiger partial charge on any atom is 0.228 e. The third-order valence-corrected chi connectivity index (χ3v) is 2.10. The third-order valence-electron chi connectivity index (χ3n) is 2.10. The lowest BCUT2D eigenvalue weighted by Crippen LogP contribution is -2.40. The zero-order valence-electron chi connectivity index (χ0n) is 7.55. The van der Waals surface area contributed by atoms with Crippen LogP contribution in [0.2, 0.25) is 0 Å². The Morgan fingerprint density at radius 1 is 1.46 bits per heavy atom. The summed E-state index contributed by atoms with van der Waals surface area (Å²) in [5.74, 6) is 1.09. The van der Waals surface area contributed by atoms with Crippen LogP contribution in [0.5, 0.6) is 0 Å². The fraction of sp³-hybridized carbons (Fsp3) is 0.444. The first kappa shape index (κ1) is 8.16. The van der Waals surface area contributed by atoms with Gasteiger partial charge in [-0.1, -0.05) is 0 Å². The van der Waals surface area contributed by atoms with Gasteiger partial charge in [0.25, 0.3) is 0 Å². The normalized spacial score (nSPS) is 20.7. The summed E-state index contributed by atoms with van der Waals surface area (Å²) in [6.07, 6.45) is 5.83. The molecule has 0 aromatic carbocycles. The number of amides is 1. The lowest BCUT2D eigenvalue weighted by molar-refractivity contribution is -0.121. The van der Waals surface area contributed by atoms with Crippen molar-refractivity contribution in [1.82, 2.24) is 16.2 Å². The van der Waals surface area contributed by atoms with Gasteiger partial charge in [-0.2, -0.15) is 0 Å². The number of carbonyl (C=O) groups is 1. The molecule has 0 radical (unpaired) electrons. The Hall–Kier alpha value is -1.45. The molecule has 0 aromatic rings. The minimum Gasteiger partial charge on any atom is -0.311 e. The number of hydrogen-bond acceptors (Lipinski definition) is 3. The van der Waals surface area contributed by atoms with E-state index < -0.39 is 0 Å². The molecule has 2 aliphatic rings. The van der Waals surface area contributed by atoms with Gasteiger partial charge in [0.2, 0.25) is 5.91 Å². The van der Waals surface area contributed by atoms with E-state index >= 15 is 0 Å². The van der Waals surface area contributed by atoms with E-state index in [1.54, 1.807) is 0 Å². The summed E-state index contributed by atoms with van der Waals surface area (Å²) < 4.78 is 0. The smallest absolute Gasteiger partial charge is 0.228 e. The Kier molecular flexibility index (Phi) is 1.96. The molecule has 1 aliphatic heterocycles. The first-order chi connectivity index (χ1) is 6.25. The lowest BCUT2D eigenvalue weighted by atomic mass is 10.3. The molecular formula is C9H13N3O. The number of hydrogen-bond donors (Lipinski definition) is 3. The van der Waals surface area contributed by atoms with Gasteiger partial charge in [-0.3, -0.25) is 10.2 Å². The van der Waals surface area contributed by atoms with Gasteiger partial charge in [0.05, 0.1) is 0 Å². The number of rotatable bonds is 2. The number of carbonyl (C=O) groups excluding carboxylic acids is 1. The van der Waals surface area contributed by atoms with Crippen molar-refractivity contribution in [2.24, 2.45) is 5.92 Å². The van der Waals surface area contributed by atoms with Crippen molar-refractivity contribution in [3.05, 3.63) is 23.7 Å². The Labute approximate surface area is 77.0 Å². The molecule has 1 fully saturated rings. The van der Waals surface area contributed by atoms with Crippen molar-refractivity contribution in [2.45, 2.75) is 19.8 Å². The summed E-state index contributed by atoms with van der Waals surface area (Å²) in [6, 6.07) is 0. The van der Waals surface area contributed by atoms with Gasteiger partial charge in [0.15, 0.2) is 0 Å². The van der Waals surface area contributed by atoms with Crippen LogP contribution in [-0.2, 0) is 4.79 Å². The van der Waals surface area contributed by atoms with Crippen LogP contribution < -0.4 is 16.2 Å². The quantitative estimate of drug-likeness (QED) is 0.574. The molecule has 0 aromatic heterocycles. The molecule has 0 unspecified atom stereocenters. The molecule has 1 heterocycles. The van der Waals surface area contributed by atoms with Crippen LogP contribution >= 0.6 is 0 Å². The van der Waals surface area contributed by atoms with E-state index in [-0.39, 0.29) is 11.8 Å². The maximum absolute atomic E-state index is 11.3. The second kappa shape index (κ2) is 3.12. The predicted octanol–water partition coefficient (Wildman–Crippen LogP) is 0.366. The molecule has 70 valence electrons. The van der Waals surface area contributed by atoms with Crippen molar-refractivity contribution in [2.75, 3.05) is 0 Å². The highest BCUT2D eigenvalue weighted by Crippen LogP contribution is 2.28. The average molecular weight is 179 g/mol. The Bertz CT molecular complexity index is 289. The van der Waals surface area contributed by atoms with Crippen molar-refractivity contribution in [1.29, 1.82) is 0 Å². The maximum atomic E-state index is 11.3. The number of allylic oxidation sites excluding steroid dienone is 3. The average Bonchev–Trinajstić information content (AvgIpc) is 2.91. The lowest BCUT2D eigenvalue weighted by Gasteiger charge is -2.17. The number of hydrazine groups is 1. The second-order valence-electron chi connectivity index (χ2n) is 3.44. The van der Waals surface area contributed by atoms with Crippen LogP contribution in [0.15, 0.2) is 23.7 Å². The molecule has 4 nitrogen and oxygen atoms in total. The SMILES string of the molecule is CC1=CC=C(NC(=O)C2CC2)NN1. The highest BCUT2D eigenvalue weighted by atomic mass is 16.2. The predicted molar refractivity (Wildman–Crippen MR) is 49.0 cm³/mol. The van der Waals surface area contributed by atoms with E-state index in [4.69, 9.17) is 0 Å². The van der Waals surface area contributed by atoms with Crippen LogP contribution in [0.1, 0.15) is 19.8 Å². The highest BCUT2D eigenvalue weighted by molar-refractivity contribution is 5.82. The zero-order valence-corrected chi connectivity index (χ0v) is 7.55. The van der Waals surface area contributed by atoms with Crippen LogP contribution in [0.25, 0.3) is 0 Å². The summed E-state index contributed by atoms with van der Waals surface area (Å²) in [6.45, 7) is 1.95. The summed E-state index contributed by atoms with van der Waals surface area (Å²) in [7, 11) is 0. The zero-order chi connectivity index (χ0) is 9.26. The largest absolute Gasteiger partial charge is 0.311 e. The molecule has 0 saturated heterocycles. The fourth-order valence-corrected chi connectivity index (χ4v) is 1.11. The molecule has 0 bridgehead atoms. The van der Waals surface area contributed by atoms with E-state index in [1.165, 1.54) is 0 Å². The highest BCUT2D eigenvalue weighted by Gasteiger charge is 2.29. The van der Waals surface area contributed by atoms with Crippen LogP contribution in [0.4, 0.5) is 0 Å². The van der Waals surface area contributed by atoms with Crippen molar-refractivity contribution in [3.63, 3.8) is 0 Å². The van der Waals surface area contributed by atoms with Gasteiger partial charge in [-0.25, -0.2) is 0 Å². The van der Waals surface area contributed by atoms with Crippen molar-refractivity contribution < 1.29 is 4.79 Å². The molecular weight excluding hydrogens is 166 g/mol. The minimum absolute atomic E-state index is 0.119. The van der Waals surface area contributed by atoms with Crippen LogP contribution in [0, 0.1) is 5.92 Å². The molecule has 1 amide bonds. The fourth-order valence-electron chi connectivity index (χ4n) is 1.11. The molecule has 1 aliphatic carbocycles.